The molecule has 2 aliphatic rings. The number of likely N-dealkylation sites (tertiary alicyclic amines) is 1. The minimum Gasteiger partial charge on any atom is -0.372 e. The highest BCUT2D eigenvalue weighted by Crippen LogP contribution is 2.43. The van der Waals surface area contributed by atoms with Gasteiger partial charge in [0, 0.05) is 25.0 Å². The molecule has 29 heavy (non-hydrogen) atoms. The summed E-state index contributed by atoms with van der Waals surface area (Å²) in [5.74, 6) is -0.526. The summed E-state index contributed by atoms with van der Waals surface area (Å²) in [4.78, 5) is 14.6. The Bertz CT molecular complexity index is 1070. The van der Waals surface area contributed by atoms with Gasteiger partial charge in [-0.15, -0.1) is 0 Å². The molecule has 1 spiro atoms. The molecule has 1 aromatic heterocycles. The van der Waals surface area contributed by atoms with Crippen LogP contribution >= 0.6 is 0 Å². The quantitative estimate of drug-likeness (QED) is 0.707. The highest BCUT2D eigenvalue weighted by atomic mass is 19.1. The van der Waals surface area contributed by atoms with Crippen LogP contribution in [0.5, 0.6) is 0 Å². The molecule has 0 aliphatic carbocycles. The predicted molar refractivity (Wildman–Crippen MR) is 107 cm³/mol. The molecule has 1 fully saturated rings. The Morgan fingerprint density at radius 2 is 1.72 bits per heavy atom. The highest BCUT2D eigenvalue weighted by Gasteiger charge is 2.42. The zero-order chi connectivity index (χ0) is 20.0. The summed E-state index contributed by atoms with van der Waals surface area (Å²) in [6, 6.07) is 15.0. The van der Waals surface area contributed by atoms with E-state index in [2.05, 4.69) is 16.0 Å². The largest absolute Gasteiger partial charge is 0.372 e. The monoisotopic (exact) mass is 393 g/mol. The number of piperidine rings is 1. The van der Waals surface area contributed by atoms with Crippen molar-refractivity contribution >= 4 is 11.6 Å². The van der Waals surface area contributed by atoms with Crippen molar-refractivity contribution in [3.05, 3.63) is 83.7 Å². The van der Waals surface area contributed by atoms with Gasteiger partial charge in [0.15, 0.2) is 0 Å². The van der Waals surface area contributed by atoms with E-state index < -0.39 is 0 Å². The highest BCUT2D eigenvalue weighted by molar-refractivity contribution is 5.79. The number of amides is 1. The SMILES string of the molecule is O=C(Cc1ccc(F)cc1)N1CCC2(CC1)Nc1cc(F)ccc1-n1cccc12. The van der Waals surface area contributed by atoms with Crippen molar-refractivity contribution in [1.82, 2.24) is 9.47 Å². The summed E-state index contributed by atoms with van der Waals surface area (Å²) < 4.78 is 29.0. The van der Waals surface area contributed by atoms with Crippen LogP contribution in [-0.4, -0.2) is 28.5 Å². The number of hydrogen-bond acceptors (Lipinski definition) is 2. The number of halogens is 2. The molecule has 148 valence electrons. The van der Waals surface area contributed by atoms with Crippen LogP contribution in [0.15, 0.2) is 60.8 Å². The first-order chi connectivity index (χ1) is 14.0. The van der Waals surface area contributed by atoms with Gasteiger partial charge < -0.3 is 14.8 Å². The Labute approximate surface area is 167 Å². The van der Waals surface area contributed by atoms with E-state index >= 15 is 0 Å². The van der Waals surface area contributed by atoms with Gasteiger partial charge in [-0.3, -0.25) is 4.79 Å². The molecular formula is C23H21F2N3O. The number of rotatable bonds is 2. The van der Waals surface area contributed by atoms with Gasteiger partial charge in [0.05, 0.1) is 23.3 Å². The number of anilines is 1. The van der Waals surface area contributed by atoms with E-state index in [9.17, 15) is 13.6 Å². The number of hydrogen-bond donors (Lipinski definition) is 1. The molecule has 2 aliphatic heterocycles. The molecule has 3 aromatic rings. The minimum atomic E-state index is -0.322. The second-order valence-corrected chi connectivity index (χ2v) is 7.82. The lowest BCUT2D eigenvalue weighted by atomic mass is 9.82. The van der Waals surface area contributed by atoms with Crippen LogP contribution in [0.3, 0.4) is 0 Å². The van der Waals surface area contributed by atoms with Crippen molar-refractivity contribution in [1.29, 1.82) is 0 Å². The van der Waals surface area contributed by atoms with Crippen LogP contribution in [0.4, 0.5) is 14.5 Å². The van der Waals surface area contributed by atoms with Crippen LogP contribution in [0.1, 0.15) is 24.1 Å². The first-order valence-corrected chi connectivity index (χ1v) is 9.82. The van der Waals surface area contributed by atoms with Crippen LogP contribution in [0, 0.1) is 11.6 Å². The maximum atomic E-state index is 13.8. The molecule has 5 rings (SSSR count). The lowest BCUT2D eigenvalue weighted by Crippen LogP contribution is -2.51. The van der Waals surface area contributed by atoms with E-state index in [1.54, 1.807) is 18.2 Å². The van der Waals surface area contributed by atoms with Crippen molar-refractivity contribution < 1.29 is 13.6 Å². The fraction of sp³-hybridized carbons (Fsp3) is 0.261. The number of nitrogens with one attached hydrogen (secondary N) is 1. The first kappa shape index (κ1) is 17.9. The van der Waals surface area contributed by atoms with Gasteiger partial charge in [-0.25, -0.2) is 8.78 Å². The number of carbonyl (C=O) groups excluding carboxylic acids is 1. The molecule has 1 amide bonds. The summed E-state index contributed by atoms with van der Waals surface area (Å²) in [6.07, 6.45) is 3.75. The van der Waals surface area contributed by atoms with Crippen molar-refractivity contribution in [2.24, 2.45) is 0 Å². The lowest BCUT2D eigenvalue weighted by Gasteiger charge is -2.46. The average molecular weight is 393 g/mol. The van der Waals surface area contributed by atoms with Crippen LogP contribution < -0.4 is 5.32 Å². The van der Waals surface area contributed by atoms with Crippen molar-refractivity contribution in [3.63, 3.8) is 0 Å². The van der Waals surface area contributed by atoms with Gasteiger partial charge in [-0.1, -0.05) is 12.1 Å². The zero-order valence-corrected chi connectivity index (χ0v) is 15.9. The smallest absolute Gasteiger partial charge is 0.226 e. The topological polar surface area (TPSA) is 37.3 Å². The molecule has 1 N–H and O–H groups in total. The van der Waals surface area contributed by atoms with Gasteiger partial charge >= 0.3 is 0 Å². The Morgan fingerprint density at radius 3 is 2.48 bits per heavy atom. The third-order valence-electron chi connectivity index (χ3n) is 6.07. The Hall–Kier alpha value is -3.15. The molecule has 4 nitrogen and oxygen atoms in total. The molecule has 0 bridgehead atoms. The van der Waals surface area contributed by atoms with Gasteiger partial charge in [0.1, 0.15) is 11.6 Å². The number of aromatic nitrogens is 1. The molecule has 2 aromatic carbocycles. The van der Waals surface area contributed by atoms with Gasteiger partial charge in [-0.2, -0.15) is 0 Å². The molecule has 0 saturated carbocycles. The number of carbonyl (C=O) groups is 1. The Morgan fingerprint density at radius 1 is 1.00 bits per heavy atom. The molecular weight excluding hydrogens is 372 g/mol. The van der Waals surface area contributed by atoms with Gasteiger partial charge in [-0.05, 0) is 60.9 Å². The minimum absolute atomic E-state index is 0.0455. The second kappa shape index (κ2) is 6.72. The van der Waals surface area contributed by atoms with E-state index in [0.29, 0.717) is 13.1 Å². The summed E-state index contributed by atoms with van der Waals surface area (Å²) >= 11 is 0. The maximum Gasteiger partial charge on any atom is 0.226 e. The predicted octanol–water partition coefficient (Wildman–Crippen LogP) is 4.24. The van der Waals surface area contributed by atoms with Crippen molar-refractivity contribution in [3.8, 4) is 5.69 Å². The van der Waals surface area contributed by atoms with Crippen LogP contribution in [0.25, 0.3) is 5.69 Å². The standard InChI is InChI=1S/C23H21F2N3O/c24-17-5-3-16(4-6-17)14-22(29)27-12-9-23(10-13-27)21-2-1-11-28(21)20-8-7-18(25)15-19(20)26-23/h1-8,11,15,26H,9-10,12-14H2. The summed E-state index contributed by atoms with van der Waals surface area (Å²) in [6.45, 7) is 1.23. The first-order valence-electron chi connectivity index (χ1n) is 9.82. The van der Waals surface area contributed by atoms with Crippen molar-refractivity contribution in [2.75, 3.05) is 18.4 Å². The number of benzene rings is 2. The summed E-state index contributed by atoms with van der Waals surface area (Å²) in [5.41, 5.74) is 3.34. The third-order valence-corrected chi connectivity index (χ3v) is 6.07. The summed E-state index contributed by atoms with van der Waals surface area (Å²) in [5, 5.41) is 3.57. The van der Waals surface area contributed by atoms with Crippen LogP contribution in [-0.2, 0) is 16.8 Å². The van der Waals surface area contributed by atoms with E-state index in [-0.39, 0.29) is 29.5 Å². The molecule has 3 heterocycles. The Balaban J connectivity index is 1.34. The van der Waals surface area contributed by atoms with E-state index in [4.69, 9.17) is 0 Å². The fourth-order valence-corrected chi connectivity index (χ4v) is 4.53. The second-order valence-electron chi connectivity index (χ2n) is 7.82. The van der Waals surface area contributed by atoms with E-state index in [0.717, 1.165) is 35.5 Å². The number of nitrogens with zero attached hydrogens (tertiary/aromatic N) is 2. The summed E-state index contributed by atoms with van der Waals surface area (Å²) in [7, 11) is 0. The Kier molecular flexibility index (Phi) is 4.15. The number of fused-ring (bicyclic) bond motifs is 4. The molecule has 0 atom stereocenters. The van der Waals surface area contributed by atoms with Crippen molar-refractivity contribution in [2.45, 2.75) is 24.8 Å². The maximum absolute atomic E-state index is 13.8. The zero-order valence-electron chi connectivity index (χ0n) is 15.9. The molecule has 0 unspecified atom stereocenters. The fourth-order valence-electron chi connectivity index (χ4n) is 4.53. The molecule has 0 radical (unpaired) electrons. The van der Waals surface area contributed by atoms with E-state index in [1.807, 2.05) is 17.2 Å². The molecule has 6 heteroatoms. The third kappa shape index (κ3) is 3.09. The average Bonchev–Trinajstić information content (AvgIpc) is 3.21. The normalized spacial score (nSPS) is 16.8. The molecule has 1 saturated heterocycles. The van der Waals surface area contributed by atoms with E-state index in [1.165, 1.54) is 24.3 Å². The lowest BCUT2D eigenvalue weighted by molar-refractivity contribution is -0.132. The van der Waals surface area contributed by atoms with Gasteiger partial charge in [0.25, 0.3) is 0 Å². The van der Waals surface area contributed by atoms with Crippen LogP contribution in [0.2, 0.25) is 0 Å². The van der Waals surface area contributed by atoms with Gasteiger partial charge in [0.2, 0.25) is 5.91 Å².